The first kappa shape index (κ1) is 16.5. The molecule has 1 heterocycles. The number of hydrogen-bond acceptors (Lipinski definition) is 3. The van der Waals surface area contributed by atoms with Crippen molar-refractivity contribution in [3.63, 3.8) is 0 Å². The number of aryl methyl sites for hydroxylation is 1. The Morgan fingerprint density at radius 3 is 2.59 bits per heavy atom. The molecule has 2 aromatic rings. The van der Waals surface area contributed by atoms with Crippen LogP contribution in [-0.2, 0) is 13.1 Å². The molecule has 2 N–H and O–H groups in total. The minimum absolute atomic E-state index is 0.484. The normalized spacial score (nSPS) is 11.8. The molecule has 0 bridgehead atoms. The van der Waals surface area contributed by atoms with Crippen molar-refractivity contribution in [2.75, 3.05) is 7.05 Å². The van der Waals surface area contributed by atoms with Crippen LogP contribution in [0.2, 0.25) is 0 Å². The topological polar surface area (TPSA) is 49.3 Å². The van der Waals surface area contributed by atoms with E-state index in [-0.39, 0.29) is 0 Å². The van der Waals surface area contributed by atoms with Gasteiger partial charge in [-0.15, -0.1) is 11.3 Å². The van der Waals surface area contributed by atoms with Crippen molar-refractivity contribution in [1.29, 1.82) is 0 Å². The number of nitrogens with zero attached hydrogens (tertiary/aromatic N) is 2. The molecule has 4 nitrogen and oxygen atoms in total. The van der Waals surface area contributed by atoms with Crippen molar-refractivity contribution in [2.24, 2.45) is 4.99 Å². The molecule has 22 heavy (non-hydrogen) atoms. The van der Waals surface area contributed by atoms with Gasteiger partial charge in [0.25, 0.3) is 0 Å². The first-order valence-electron chi connectivity index (χ1n) is 7.53. The second-order valence-corrected chi connectivity index (χ2v) is 6.43. The van der Waals surface area contributed by atoms with E-state index in [0.717, 1.165) is 18.2 Å². The highest BCUT2D eigenvalue weighted by Gasteiger charge is 2.06. The van der Waals surface area contributed by atoms with E-state index in [4.69, 9.17) is 0 Å². The lowest BCUT2D eigenvalue weighted by Crippen LogP contribution is -2.36. The van der Waals surface area contributed by atoms with Gasteiger partial charge in [0.1, 0.15) is 0 Å². The molecule has 0 unspecified atom stereocenters. The van der Waals surface area contributed by atoms with E-state index in [9.17, 15) is 0 Å². The molecule has 0 fully saturated rings. The Morgan fingerprint density at radius 2 is 1.95 bits per heavy atom. The molecule has 1 aromatic heterocycles. The Labute approximate surface area is 136 Å². The maximum atomic E-state index is 4.62. The molecule has 118 valence electrons. The zero-order valence-corrected chi connectivity index (χ0v) is 14.5. The Balaban J connectivity index is 1.86. The number of thiazole rings is 1. The molecule has 2 rings (SSSR count). The molecule has 5 heteroatoms. The second kappa shape index (κ2) is 7.94. The van der Waals surface area contributed by atoms with Crippen LogP contribution in [0.3, 0.4) is 0 Å². The van der Waals surface area contributed by atoms with Gasteiger partial charge in [-0.1, -0.05) is 38.1 Å². The van der Waals surface area contributed by atoms with Gasteiger partial charge in [0.2, 0.25) is 0 Å². The number of hydrogen-bond donors (Lipinski definition) is 2. The second-order valence-electron chi connectivity index (χ2n) is 5.54. The first-order chi connectivity index (χ1) is 10.6. The molecule has 0 spiro atoms. The summed E-state index contributed by atoms with van der Waals surface area (Å²) in [5.41, 5.74) is 3.63. The largest absolute Gasteiger partial charge is 0.352 e. The van der Waals surface area contributed by atoms with Gasteiger partial charge in [0, 0.05) is 24.9 Å². The third kappa shape index (κ3) is 4.56. The smallest absolute Gasteiger partial charge is 0.191 e. The molecule has 0 aliphatic carbocycles. The van der Waals surface area contributed by atoms with Crippen LogP contribution in [0.1, 0.15) is 41.6 Å². The number of rotatable bonds is 5. The summed E-state index contributed by atoms with van der Waals surface area (Å²) in [5.74, 6) is 1.28. The standard InChI is InChI=1S/C17H24N4S/c1-12(2)16-21-15(11-22-16)10-20-17(18-4)19-9-14-8-6-5-7-13(14)3/h5-8,11-12H,9-10H2,1-4H3,(H2,18,19,20). The third-order valence-electron chi connectivity index (χ3n) is 3.43. The van der Waals surface area contributed by atoms with Gasteiger partial charge in [0.15, 0.2) is 5.96 Å². The summed E-state index contributed by atoms with van der Waals surface area (Å²) in [5, 5.41) is 9.94. The van der Waals surface area contributed by atoms with Crippen molar-refractivity contribution in [1.82, 2.24) is 15.6 Å². The molecular formula is C17H24N4S. The Morgan fingerprint density at radius 1 is 1.23 bits per heavy atom. The van der Waals surface area contributed by atoms with Crippen LogP contribution in [0, 0.1) is 6.92 Å². The van der Waals surface area contributed by atoms with Crippen molar-refractivity contribution >= 4 is 17.3 Å². The van der Waals surface area contributed by atoms with Gasteiger partial charge in [-0.05, 0) is 18.1 Å². The van der Waals surface area contributed by atoms with Gasteiger partial charge >= 0.3 is 0 Å². The first-order valence-corrected chi connectivity index (χ1v) is 8.41. The van der Waals surface area contributed by atoms with Gasteiger partial charge < -0.3 is 10.6 Å². The molecule has 0 amide bonds. The average Bonchev–Trinajstić information content (AvgIpc) is 2.98. The molecular weight excluding hydrogens is 292 g/mol. The minimum atomic E-state index is 0.484. The molecule has 0 saturated carbocycles. The Kier molecular flexibility index (Phi) is 5.95. The zero-order chi connectivity index (χ0) is 15.9. The predicted molar refractivity (Wildman–Crippen MR) is 94.4 cm³/mol. The number of benzene rings is 1. The molecule has 0 aliphatic rings. The molecule has 0 saturated heterocycles. The monoisotopic (exact) mass is 316 g/mol. The molecule has 1 aromatic carbocycles. The maximum Gasteiger partial charge on any atom is 0.191 e. The summed E-state index contributed by atoms with van der Waals surface area (Å²) in [6.45, 7) is 7.91. The summed E-state index contributed by atoms with van der Waals surface area (Å²) in [4.78, 5) is 8.88. The van der Waals surface area contributed by atoms with Gasteiger partial charge in [0.05, 0.1) is 17.2 Å². The van der Waals surface area contributed by atoms with Crippen LogP contribution in [0.4, 0.5) is 0 Å². The van der Waals surface area contributed by atoms with Crippen molar-refractivity contribution < 1.29 is 0 Å². The number of aromatic nitrogens is 1. The summed E-state index contributed by atoms with van der Waals surface area (Å²) in [6.07, 6.45) is 0. The Hall–Kier alpha value is -1.88. The van der Waals surface area contributed by atoms with E-state index in [1.807, 2.05) is 0 Å². The summed E-state index contributed by atoms with van der Waals surface area (Å²) < 4.78 is 0. The average molecular weight is 316 g/mol. The van der Waals surface area contributed by atoms with Crippen molar-refractivity contribution in [3.8, 4) is 0 Å². The predicted octanol–water partition coefficient (Wildman–Crippen LogP) is 3.44. The maximum absolute atomic E-state index is 4.62. The van der Waals surface area contributed by atoms with Crippen molar-refractivity contribution in [2.45, 2.75) is 39.8 Å². The molecule has 0 atom stereocenters. The van der Waals surface area contributed by atoms with E-state index in [2.05, 4.69) is 71.0 Å². The van der Waals surface area contributed by atoms with Gasteiger partial charge in [-0.3, -0.25) is 4.99 Å². The minimum Gasteiger partial charge on any atom is -0.352 e. The lowest BCUT2D eigenvalue weighted by atomic mass is 10.1. The molecule has 0 radical (unpaired) electrons. The summed E-state index contributed by atoms with van der Waals surface area (Å²) >= 11 is 1.72. The van der Waals surface area contributed by atoms with E-state index in [1.54, 1.807) is 18.4 Å². The van der Waals surface area contributed by atoms with E-state index in [0.29, 0.717) is 12.5 Å². The van der Waals surface area contributed by atoms with Crippen LogP contribution in [-0.4, -0.2) is 18.0 Å². The highest BCUT2D eigenvalue weighted by atomic mass is 32.1. The SMILES string of the molecule is CN=C(NCc1csc(C(C)C)n1)NCc1ccccc1C. The van der Waals surface area contributed by atoms with Crippen LogP contribution in [0.25, 0.3) is 0 Å². The lowest BCUT2D eigenvalue weighted by molar-refractivity contribution is 0.782. The summed E-state index contributed by atoms with van der Waals surface area (Å²) in [7, 11) is 1.79. The highest BCUT2D eigenvalue weighted by Crippen LogP contribution is 2.18. The van der Waals surface area contributed by atoms with E-state index < -0.39 is 0 Å². The third-order valence-corrected chi connectivity index (χ3v) is 4.63. The summed E-state index contributed by atoms with van der Waals surface area (Å²) in [6, 6.07) is 8.37. The van der Waals surface area contributed by atoms with E-state index >= 15 is 0 Å². The number of nitrogens with one attached hydrogen (secondary N) is 2. The Bertz CT molecular complexity index is 631. The van der Waals surface area contributed by atoms with Crippen LogP contribution in [0.15, 0.2) is 34.6 Å². The van der Waals surface area contributed by atoms with Gasteiger partial charge in [-0.2, -0.15) is 0 Å². The number of aliphatic imine (C=N–C) groups is 1. The highest BCUT2D eigenvalue weighted by molar-refractivity contribution is 7.09. The lowest BCUT2D eigenvalue weighted by Gasteiger charge is -2.12. The van der Waals surface area contributed by atoms with Crippen molar-refractivity contribution in [3.05, 3.63) is 51.5 Å². The fourth-order valence-electron chi connectivity index (χ4n) is 2.05. The van der Waals surface area contributed by atoms with E-state index in [1.165, 1.54) is 16.1 Å². The number of guanidine groups is 1. The fraction of sp³-hybridized carbons (Fsp3) is 0.412. The van der Waals surface area contributed by atoms with Gasteiger partial charge in [-0.25, -0.2) is 4.98 Å². The van der Waals surface area contributed by atoms with Crippen LogP contribution >= 0.6 is 11.3 Å². The zero-order valence-electron chi connectivity index (χ0n) is 13.7. The van der Waals surface area contributed by atoms with Crippen LogP contribution in [0.5, 0.6) is 0 Å². The fourth-order valence-corrected chi connectivity index (χ4v) is 2.89. The molecule has 0 aliphatic heterocycles. The quantitative estimate of drug-likeness (QED) is 0.656. The van der Waals surface area contributed by atoms with Crippen LogP contribution < -0.4 is 10.6 Å².